The van der Waals surface area contributed by atoms with Gasteiger partial charge in [-0.3, -0.25) is 4.79 Å². The summed E-state index contributed by atoms with van der Waals surface area (Å²) in [6.07, 6.45) is 3.91. The Morgan fingerprint density at radius 2 is 1.83 bits per heavy atom. The molecule has 0 saturated carbocycles. The highest BCUT2D eigenvalue weighted by Crippen LogP contribution is 2.13. The summed E-state index contributed by atoms with van der Waals surface area (Å²) >= 11 is 0. The first-order valence-electron chi connectivity index (χ1n) is 7.89. The number of imide groups is 1. The molecule has 5 heteroatoms. The molecule has 0 aliphatic rings. The van der Waals surface area contributed by atoms with E-state index in [0.29, 0.717) is 5.56 Å². The lowest BCUT2D eigenvalue weighted by Crippen LogP contribution is -2.48. The Bertz CT molecular complexity index is 617. The Morgan fingerprint density at radius 3 is 2.38 bits per heavy atom. The van der Waals surface area contributed by atoms with Gasteiger partial charge in [-0.1, -0.05) is 35.4 Å². The molecule has 2 amide bonds. The number of allylic oxidation sites excluding steroid dienone is 3. The number of carbonyl (C=O) groups is 2. The molecule has 1 rings (SSSR count). The van der Waals surface area contributed by atoms with Crippen molar-refractivity contribution in [3.8, 4) is 0 Å². The van der Waals surface area contributed by atoms with Crippen LogP contribution >= 0.6 is 0 Å². The Morgan fingerprint density at radius 1 is 1.21 bits per heavy atom. The molecule has 2 N–H and O–H groups in total. The van der Waals surface area contributed by atoms with Gasteiger partial charge in [0.15, 0.2) is 0 Å². The van der Waals surface area contributed by atoms with Crippen LogP contribution < -0.4 is 5.73 Å². The molecule has 0 saturated heterocycles. The second-order valence-electron chi connectivity index (χ2n) is 5.83. The summed E-state index contributed by atoms with van der Waals surface area (Å²) in [4.78, 5) is 25.5. The lowest BCUT2D eigenvalue weighted by Gasteiger charge is -2.24. The number of nitrogens with two attached hydrogens (primary N) is 1. The first kappa shape index (κ1) is 19.6. The highest BCUT2D eigenvalue weighted by Gasteiger charge is 2.28. The van der Waals surface area contributed by atoms with Crippen molar-refractivity contribution in [1.82, 2.24) is 4.90 Å². The van der Waals surface area contributed by atoms with E-state index in [9.17, 15) is 9.59 Å². The predicted octanol–water partition coefficient (Wildman–Crippen LogP) is 3.87. The Kier molecular flexibility index (Phi) is 7.92. The molecule has 0 aliphatic carbocycles. The first-order chi connectivity index (χ1) is 11.4. The lowest BCUT2D eigenvalue weighted by atomic mass is 10.1. The normalized spacial score (nSPS) is 12.3. The predicted molar refractivity (Wildman–Crippen MR) is 95.4 cm³/mol. The van der Waals surface area contributed by atoms with Gasteiger partial charge in [0.25, 0.3) is 5.91 Å². The summed E-state index contributed by atoms with van der Waals surface area (Å²) < 4.78 is 4.72. The number of hydrogen-bond donors (Lipinski definition) is 1. The van der Waals surface area contributed by atoms with Crippen molar-refractivity contribution < 1.29 is 14.3 Å². The summed E-state index contributed by atoms with van der Waals surface area (Å²) in [5.74, 6) is -0.483. The molecule has 0 aliphatic heterocycles. The van der Waals surface area contributed by atoms with Crippen LogP contribution in [0.3, 0.4) is 0 Å². The van der Waals surface area contributed by atoms with Gasteiger partial charge in [-0.25, -0.2) is 9.69 Å². The largest absolute Gasteiger partial charge is 0.452 e. The molecule has 1 unspecified atom stereocenters. The molecule has 1 atom stereocenters. The highest BCUT2D eigenvalue weighted by atomic mass is 16.5. The van der Waals surface area contributed by atoms with Crippen LogP contribution in [0.25, 0.3) is 0 Å². The minimum Gasteiger partial charge on any atom is -0.452 e. The smallest absolute Gasteiger partial charge is 0.418 e. The maximum atomic E-state index is 12.6. The summed E-state index contributed by atoms with van der Waals surface area (Å²) in [5, 5.41) is 0. The zero-order valence-electron chi connectivity index (χ0n) is 14.8. The van der Waals surface area contributed by atoms with Crippen LogP contribution in [0, 0.1) is 0 Å². The fourth-order valence-corrected chi connectivity index (χ4v) is 2.20. The molecule has 0 heterocycles. The second-order valence-corrected chi connectivity index (χ2v) is 5.83. The monoisotopic (exact) mass is 330 g/mol. The van der Waals surface area contributed by atoms with Crippen LogP contribution in [-0.2, 0) is 4.74 Å². The SMILES string of the molecule is COC(=O)N(C(=O)c1ccccc1)C(N)/C=C(\C)CCC=C(C)C. The number of hydrogen-bond acceptors (Lipinski definition) is 4. The topological polar surface area (TPSA) is 72.6 Å². The standard InChI is InChI=1S/C19H26N2O3/c1-14(2)9-8-10-15(3)13-17(20)21(19(23)24-4)18(22)16-11-6-5-7-12-16/h5-7,9,11-13,17H,8,10,20H2,1-4H3/b15-13+. The molecule has 1 aromatic carbocycles. The molecular formula is C19H26N2O3. The maximum absolute atomic E-state index is 12.6. The van der Waals surface area contributed by atoms with E-state index in [1.807, 2.05) is 20.8 Å². The van der Waals surface area contributed by atoms with Crippen LogP contribution in [0.2, 0.25) is 0 Å². The van der Waals surface area contributed by atoms with Gasteiger partial charge < -0.3 is 10.5 Å². The minimum atomic E-state index is -0.878. The van der Waals surface area contributed by atoms with Crippen LogP contribution in [0.1, 0.15) is 44.0 Å². The molecule has 0 bridgehead atoms. The molecule has 24 heavy (non-hydrogen) atoms. The molecule has 5 nitrogen and oxygen atoms in total. The van der Waals surface area contributed by atoms with Gasteiger partial charge in [-0.15, -0.1) is 0 Å². The maximum Gasteiger partial charge on any atom is 0.418 e. The number of methoxy groups -OCH3 is 1. The summed E-state index contributed by atoms with van der Waals surface area (Å²) in [6, 6.07) is 8.53. The van der Waals surface area contributed by atoms with E-state index in [0.717, 1.165) is 23.3 Å². The van der Waals surface area contributed by atoms with E-state index in [1.54, 1.807) is 36.4 Å². The van der Waals surface area contributed by atoms with E-state index in [2.05, 4.69) is 6.08 Å². The van der Waals surface area contributed by atoms with Gasteiger partial charge in [0.2, 0.25) is 0 Å². The average Bonchev–Trinajstić information content (AvgIpc) is 2.55. The quantitative estimate of drug-likeness (QED) is 0.635. The van der Waals surface area contributed by atoms with E-state index in [-0.39, 0.29) is 0 Å². The van der Waals surface area contributed by atoms with Crippen molar-refractivity contribution in [2.24, 2.45) is 5.73 Å². The molecule has 1 aromatic rings. The third kappa shape index (κ3) is 6.01. The number of rotatable bonds is 6. The van der Waals surface area contributed by atoms with Crippen molar-refractivity contribution in [1.29, 1.82) is 0 Å². The number of amides is 2. The zero-order valence-corrected chi connectivity index (χ0v) is 14.8. The molecule has 0 aromatic heterocycles. The van der Waals surface area contributed by atoms with Crippen molar-refractivity contribution in [2.45, 2.75) is 39.8 Å². The van der Waals surface area contributed by atoms with Gasteiger partial charge in [-0.05, 0) is 51.8 Å². The lowest BCUT2D eigenvalue weighted by molar-refractivity contribution is 0.0664. The molecule has 130 valence electrons. The van der Waals surface area contributed by atoms with Gasteiger partial charge in [0.05, 0.1) is 7.11 Å². The number of nitrogens with zero attached hydrogens (tertiary/aromatic N) is 1. The van der Waals surface area contributed by atoms with Gasteiger partial charge in [0, 0.05) is 5.56 Å². The van der Waals surface area contributed by atoms with Crippen molar-refractivity contribution >= 4 is 12.0 Å². The molecule has 0 radical (unpaired) electrons. The van der Waals surface area contributed by atoms with Crippen molar-refractivity contribution in [2.75, 3.05) is 7.11 Å². The third-order valence-corrected chi connectivity index (χ3v) is 3.46. The fraction of sp³-hybridized carbons (Fsp3) is 0.368. The van der Waals surface area contributed by atoms with Gasteiger partial charge >= 0.3 is 6.09 Å². The third-order valence-electron chi connectivity index (χ3n) is 3.46. The summed E-state index contributed by atoms with van der Waals surface area (Å²) in [5.41, 5.74) is 8.72. The Labute approximate surface area is 143 Å². The number of benzene rings is 1. The highest BCUT2D eigenvalue weighted by molar-refractivity contribution is 6.03. The minimum absolute atomic E-state index is 0.383. The van der Waals surface area contributed by atoms with Gasteiger partial charge in [0.1, 0.15) is 6.17 Å². The van der Waals surface area contributed by atoms with Crippen molar-refractivity contribution in [3.63, 3.8) is 0 Å². The Balaban J connectivity index is 2.93. The van der Waals surface area contributed by atoms with E-state index in [1.165, 1.54) is 12.7 Å². The molecule has 0 fully saturated rings. The fourth-order valence-electron chi connectivity index (χ4n) is 2.20. The van der Waals surface area contributed by atoms with Crippen LogP contribution in [0.4, 0.5) is 4.79 Å². The molecular weight excluding hydrogens is 304 g/mol. The summed E-state index contributed by atoms with van der Waals surface area (Å²) in [7, 11) is 1.23. The summed E-state index contributed by atoms with van der Waals surface area (Å²) in [6.45, 7) is 6.02. The number of carbonyl (C=O) groups excluding carboxylic acids is 2. The molecule has 0 spiro atoms. The first-order valence-corrected chi connectivity index (χ1v) is 7.89. The number of ether oxygens (including phenoxy) is 1. The van der Waals surface area contributed by atoms with Crippen molar-refractivity contribution in [3.05, 3.63) is 59.2 Å². The van der Waals surface area contributed by atoms with E-state index in [4.69, 9.17) is 10.5 Å². The van der Waals surface area contributed by atoms with Crippen LogP contribution in [-0.4, -0.2) is 30.2 Å². The average molecular weight is 330 g/mol. The van der Waals surface area contributed by atoms with Crippen LogP contribution in [0.15, 0.2) is 53.6 Å². The zero-order chi connectivity index (χ0) is 18.1. The second kappa shape index (κ2) is 9.67. The van der Waals surface area contributed by atoms with E-state index < -0.39 is 18.2 Å². The van der Waals surface area contributed by atoms with Crippen LogP contribution in [0.5, 0.6) is 0 Å². The Hall–Kier alpha value is -2.40. The van der Waals surface area contributed by atoms with Gasteiger partial charge in [-0.2, -0.15) is 0 Å². The van der Waals surface area contributed by atoms with E-state index >= 15 is 0 Å².